The molecule has 1 aliphatic carbocycles. The van der Waals surface area contributed by atoms with Crippen LogP contribution in [0, 0.1) is 0 Å². The zero-order chi connectivity index (χ0) is 5.66. The van der Waals surface area contributed by atoms with Gasteiger partial charge in [-0.25, -0.2) is 0 Å². The van der Waals surface area contributed by atoms with E-state index in [4.69, 9.17) is 0 Å². The van der Waals surface area contributed by atoms with Crippen LogP contribution in [0.5, 0.6) is 0 Å². The molecule has 0 saturated carbocycles. The van der Waals surface area contributed by atoms with Crippen LogP contribution in [-0.4, -0.2) is 0 Å². The molecule has 0 saturated heterocycles. The molecule has 54 valence electrons. The van der Waals surface area contributed by atoms with E-state index in [2.05, 4.69) is 24.3 Å². The molecule has 0 aromatic carbocycles. The minimum Gasteiger partial charge on any atom is -0.0845 e. The minimum absolute atomic E-state index is 0. The van der Waals surface area contributed by atoms with Crippen LogP contribution in [0.25, 0.3) is 0 Å². The van der Waals surface area contributed by atoms with Crippen molar-refractivity contribution in [3.05, 3.63) is 24.3 Å². The molecular formula is C8H12Pt. The third-order valence-corrected chi connectivity index (χ3v) is 1.37. The molecule has 1 heteroatoms. The van der Waals surface area contributed by atoms with E-state index in [0.717, 1.165) is 0 Å². The fourth-order valence-electron chi connectivity index (χ4n) is 0.874. The quantitative estimate of drug-likeness (QED) is 0.645. The van der Waals surface area contributed by atoms with Crippen molar-refractivity contribution in [2.45, 2.75) is 25.7 Å². The molecule has 0 aromatic heterocycles. The Labute approximate surface area is 71.3 Å². The van der Waals surface area contributed by atoms with Gasteiger partial charge in [-0.2, -0.15) is 0 Å². The molecule has 0 nitrogen and oxygen atoms in total. The Kier molecular flexibility index (Phi) is 6.41. The number of hydrogen-bond acceptors (Lipinski definition) is 0. The van der Waals surface area contributed by atoms with E-state index < -0.39 is 0 Å². The maximum Gasteiger partial charge on any atom is 0 e. The van der Waals surface area contributed by atoms with E-state index in [1.807, 2.05) is 0 Å². The van der Waals surface area contributed by atoms with Crippen LogP contribution in [0.2, 0.25) is 0 Å². The fraction of sp³-hybridized carbons (Fsp3) is 0.500. The molecule has 0 bridgehead atoms. The summed E-state index contributed by atoms with van der Waals surface area (Å²) in [6.07, 6.45) is 14.0. The zero-order valence-electron chi connectivity index (χ0n) is 5.45. The Balaban J connectivity index is 0.000000640. The van der Waals surface area contributed by atoms with E-state index in [0.29, 0.717) is 0 Å². The Hall–Kier alpha value is 0.168. The van der Waals surface area contributed by atoms with Crippen molar-refractivity contribution in [3.8, 4) is 0 Å². The predicted octanol–water partition coefficient (Wildman–Crippen LogP) is 2.67. The molecule has 0 atom stereocenters. The molecule has 0 unspecified atom stereocenters. The molecule has 0 radical (unpaired) electrons. The monoisotopic (exact) mass is 303 g/mol. The second-order valence-corrected chi connectivity index (χ2v) is 2.14. The van der Waals surface area contributed by atoms with E-state index in [9.17, 15) is 0 Å². The van der Waals surface area contributed by atoms with Crippen LogP contribution in [0.1, 0.15) is 25.7 Å². The predicted molar refractivity (Wildman–Crippen MR) is 36.7 cm³/mol. The Morgan fingerprint density at radius 2 is 1.22 bits per heavy atom. The molecule has 0 heterocycles. The first-order valence-electron chi connectivity index (χ1n) is 3.32. The summed E-state index contributed by atoms with van der Waals surface area (Å²) in [4.78, 5) is 0. The van der Waals surface area contributed by atoms with E-state index >= 15 is 0 Å². The van der Waals surface area contributed by atoms with Gasteiger partial charge in [0, 0.05) is 21.1 Å². The summed E-state index contributed by atoms with van der Waals surface area (Å²) in [5.74, 6) is 0. The second-order valence-electron chi connectivity index (χ2n) is 2.14. The Bertz CT molecular complexity index is 89.1. The molecule has 0 N–H and O–H groups in total. The average molecular weight is 303 g/mol. The standard InChI is InChI=1S/C8H12.Pt/c1-2-4-6-8-7-5-3-1;/h1-4H,5-8H2;. The van der Waals surface area contributed by atoms with Gasteiger partial charge < -0.3 is 0 Å². The molecule has 9 heavy (non-hydrogen) atoms. The molecule has 0 aromatic rings. The van der Waals surface area contributed by atoms with Crippen molar-refractivity contribution in [3.63, 3.8) is 0 Å². The summed E-state index contributed by atoms with van der Waals surface area (Å²) < 4.78 is 0. The maximum absolute atomic E-state index is 2.23. The van der Waals surface area contributed by atoms with Crippen LogP contribution in [-0.2, 0) is 21.1 Å². The molecular weight excluding hydrogens is 291 g/mol. The number of hydrogen-bond donors (Lipinski definition) is 0. The van der Waals surface area contributed by atoms with Crippen molar-refractivity contribution in [1.82, 2.24) is 0 Å². The van der Waals surface area contributed by atoms with Crippen molar-refractivity contribution in [2.24, 2.45) is 0 Å². The molecule has 0 aliphatic heterocycles. The second kappa shape index (κ2) is 6.29. The summed E-state index contributed by atoms with van der Waals surface area (Å²) in [5.41, 5.74) is 0. The number of allylic oxidation sites excluding steroid dienone is 4. The smallest absolute Gasteiger partial charge is 0 e. The van der Waals surface area contributed by atoms with Gasteiger partial charge in [0.05, 0.1) is 0 Å². The van der Waals surface area contributed by atoms with Crippen LogP contribution in [0.15, 0.2) is 24.3 Å². The topological polar surface area (TPSA) is 0 Å². The SMILES string of the molecule is C1=CCCCCC=C1.[Pt]. The van der Waals surface area contributed by atoms with Crippen molar-refractivity contribution in [2.75, 3.05) is 0 Å². The number of rotatable bonds is 0. The first-order chi connectivity index (χ1) is 4.00. The summed E-state index contributed by atoms with van der Waals surface area (Å²) in [6.45, 7) is 0. The van der Waals surface area contributed by atoms with E-state index in [1.165, 1.54) is 25.7 Å². The Morgan fingerprint density at radius 1 is 0.778 bits per heavy atom. The van der Waals surface area contributed by atoms with Gasteiger partial charge >= 0.3 is 0 Å². The van der Waals surface area contributed by atoms with Crippen LogP contribution in [0.4, 0.5) is 0 Å². The summed E-state index contributed by atoms with van der Waals surface area (Å²) in [5, 5.41) is 0. The summed E-state index contributed by atoms with van der Waals surface area (Å²) in [6, 6.07) is 0. The minimum atomic E-state index is 0. The summed E-state index contributed by atoms with van der Waals surface area (Å²) in [7, 11) is 0. The van der Waals surface area contributed by atoms with Crippen molar-refractivity contribution < 1.29 is 21.1 Å². The Morgan fingerprint density at radius 3 is 1.67 bits per heavy atom. The van der Waals surface area contributed by atoms with Crippen molar-refractivity contribution in [1.29, 1.82) is 0 Å². The van der Waals surface area contributed by atoms with Crippen LogP contribution < -0.4 is 0 Å². The molecule has 0 spiro atoms. The van der Waals surface area contributed by atoms with Gasteiger partial charge in [0.25, 0.3) is 0 Å². The van der Waals surface area contributed by atoms with Gasteiger partial charge in [0.1, 0.15) is 0 Å². The first kappa shape index (κ1) is 9.17. The van der Waals surface area contributed by atoms with Crippen LogP contribution >= 0.6 is 0 Å². The van der Waals surface area contributed by atoms with E-state index in [-0.39, 0.29) is 21.1 Å². The first-order valence-corrected chi connectivity index (χ1v) is 3.32. The largest absolute Gasteiger partial charge is 0.0845 e. The van der Waals surface area contributed by atoms with Gasteiger partial charge in [-0.3, -0.25) is 0 Å². The zero-order valence-corrected chi connectivity index (χ0v) is 7.73. The maximum atomic E-state index is 2.23. The van der Waals surface area contributed by atoms with E-state index in [1.54, 1.807) is 0 Å². The van der Waals surface area contributed by atoms with Gasteiger partial charge in [-0.15, -0.1) is 0 Å². The van der Waals surface area contributed by atoms with Gasteiger partial charge in [-0.1, -0.05) is 24.3 Å². The molecule has 0 fully saturated rings. The van der Waals surface area contributed by atoms with Gasteiger partial charge in [0.15, 0.2) is 0 Å². The average Bonchev–Trinajstić information content (AvgIpc) is 1.62. The molecule has 0 amide bonds. The third-order valence-electron chi connectivity index (χ3n) is 1.37. The third kappa shape index (κ3) is 4.66. The van der Waals surface area contributed by atoms with Gasteiger partial charge in [0.2, 0.25) is 0 Å². The molecule has 1 rings (SSSR count). The van der Waals surface area contributed by atoms with Crippen LogP contribution in [0.3, 0.4) is 0 Å². The van der Waals surface area contributed by atoms with Gasteiger partial charge in [-0.05, 0) is 25.7 Å². The normalized spacial score (nSPS) is 17.8. The fourth-order valence-corrected chi connectivity index (χ4v) is 0.874. The summed E-state index contributed by atoms with van der Waals surface area (Å²) >= 11 is 0. The van der Waals surface area contributed by atoms with Crippen molar-refractivity contribution >= 4 is 0 Å². The molecule has 1 aliphatic rings.